The number of rotatable bonds is 5. The van der Waals surface area contributed by atoms with E-state index in [2.05, 4.69) is 10.1 Å². The maximum absolute atomic E-state index is 9.03. The van der Waals surface area contributed by atoms with Crippen LogP contribution >= 0.6 is 0 Å². The van der Waals surface area contributed by atoms with Gasteiger partial charge in [0.25, 0.3) is 0 Å². The molecule has 1 rings (SSSR count). The molecule has 0 aliphatic rings. The Balaban J connectivity index is 2.69. The van der Waals surface area contributed by atoms with E-state index in [-0.39, 0.29) is 18.5 Å². The van der Waals surface area contributed by atoms with Gasteiger partial charge in [-0.25, -0.2) is 0 Å². The van der Waals surface area contributed by atoms with Crippen LogP contribution in [0, 0.1) is 0 Å². The zero-order valence-electron chi connectivity index (χ0n) is 10.2. The smallest absolute Gasteiger partial charge is 0.170 e. The number of nitrogens with two attached hydrogens (primary N) is 1. The van der Waals surface area contributed by atoms with Crippen molar-refractivity contribution in [3.8, 4) is 0 Å². The molecule has 0 amide bonds. The molecule has 94 valence electrons. The summed E-state index contributed by atoms with van der Waals surface area (Å²) in [7, 11) is 1.96. The van der Waals surface area contributed by atoms with E-state index in [1.807, 2.05) is 38.2 Å². The number of likely N-dealkylation sites (N-methyl/N-ethyl adjacent to an activating group) is 1. The van der Waals surface area contributed by atoms with Gasteiger partial charge in [-0.05, 0) is 19.5 Å². The molecule has 1 unspecified atom stereocenters. The molecule has 4 N–H and O–H groups in total. The highest BCUT2D eigenvalue weighted by atomic mass is 16.4. The van der Waals surface area contributed by atoms with E-state index >= 15 is 0 Å². The van der Waals surface area contributed by atoms with Gasteiger partial charge in [0.2, 0.25) is 0 Å². The van der Waals surface area contributed by atoms with Crippen LogP contribution in [0.25, 0.3) is 0 Å². The van der Waals surface area contributed by atoms with Crippen molar-refractivity contribution in [2.75, 3.05) is 13.7 Å². The van der Waals surface area contributed by atoms with Crippen LogP contribution in [-0.4, -0.2) is 40.7 Å². The highest BCUT2D eigenvalue weighted by molar-refractivity contribution is 5.96. The first-order valence-corrected chi connectivity index (χ1v) is 5.46. The zero-order chi connectivity index (χ0) is 12.8. The Labute approximate surface area is 101 Å². The summed E-state index contributed by atoms with van der Waals surface area (Å²) in [6.45, 7) is 2.85. The van der Waals surface area contributed by atoms with Gasteiger partial charge in [-0.15, -0.1) is 0 Å². The van der Waals surface area contributed by atoms with Crippen LogP contribution in [0.4, 0.5) is 0 Å². The normalized spacial score (nSPS) is 14.0. The topological polar surface area (TPSA) is 82.1 Å². The molecule has 5 heteroatoms. The van der Waals surface area contributed by atoms with E-state index < -0.39 is 0 Å². The monoisotopic (exact) mass is 237 g/mol. The van der Waals surface area contributed by atoms with Crippen LogP contribution in [0.1, 0.15) is 18.1 Å². The number of aliphatic hydroxyl groups is 1. The largest absolute Gasteiger partial charge is 0.409 e. The third-order valence-electron chi connectivity index (χ3n) is 2.81. The van der Waals surface area contributed by atoms with Crippen molar-refractivity contribution < 1.29 is 10.3 Å². The lowest BCUT2D eigenvalue weighted by atomic mass is 10.1. The summed E-state index contributed by atoms with van der Waals surface area (Å²) >= 11 is 0. The van der Waals surface area contributed by atoms with Gasteiger partial charge in [-0.2, -0.15) is 0 Å². The first-order valence-electron chi connectivity index (χ1n) is 5.46. The van der Waals surface area contributed by atoms with E-state index in [0.29, 0.717) is 5.56 Å². The Morgan fingerprint density at radius 3 is 2.47 bits per heavy atom. The molecular weight excluding hydrogens is 218 g/mol. The number of hydrogen-bond donors (Lipinski definition) is 3. The fourth-order valence-electron chi connectivity index (χ4n) is 1.42. The molecule has 0 saturated carbocycles. The SMILES string of the molecule is CC(CO)N(C)Cc1ccc(/C(N)=N/O)cc1. The third kappa shape index (κ3) is 3.72. The highest BCUT2D eigenvalue weighted by Crippen LogP contribution is 2.08. The Hall–Kier alpha value is -1.59. The minimum atomic E-state index is 0.105. The summed E-state index contributed by atoms with van der Waals surface area (Å²) in [4.78, 5) is 2.05. The molecular formula is C12H19N3O2. The average Bonchev–Trinajstić information content (AvgIpc) is 2.37. The molecule has 1 aromatic rings. The van der Waals surface area contributed by atoms with Crippen molar-refractivity contribution in [1.82, 2.24) is 4.90 Å². The van der Waals surface area contributed by atoms with Crippen LogP contribution in [0.15, 0.2) is 29.4 Å². The molecule has 0 fully saturated rings. The molecule has 0 heterocycles. The maximum Gasteiger partial charge on any atom is 0.170 e. The summed E-state index contributed by atoms with van der Waals surface area (Å²) < 4.78 is 0. The lowest BCUT2D eigenvalue weighted by Crippen LogP contribution is -2.31. The minimum absolute atomic E-state index is 0.105. The molecule has 5 nitrogen and oxygen atoms in total. The lowest BCUT2D eigenvalue weighted by Gasteiger charge is -2.22. The van der Waals surface area contributed by atoms with Crippen molar-refractivity contribution in [2.45, 2.75) is 19.5 Å². The zero-order valence-corrected chi connectivity index (χ0v) is 10.2. The fraction of sp³-hybridized carbons (Fsp3) is 0.417. The van der Waals surface area contributed by atoms with Crippen molar-refractivity contribution in [1.29, 1.82) is 0 Å². The average molecular weight is 237 g/mol. The van der Waals surface area contributed by atoms with Crippen molar-refractivity contribution >= 4 is 5.84 Å². The van der Waals surface area contributed by atoms with Crippen LogP contribution in [0.5, 0.6) is 0 Å². The summed E-state index contributed by atoms with van der Waals surface area (Å²) in [5.41, 5.74) is 7.27. The summed E-state index contributed by atoms with van der Waals surface area (Å²) in [5.74, 6) is 0.105. The Bertz CT molecular complexity index is 376. The number of benzene rings is 1. The number of amidine groups is 1. The maximum atomic E-state index is 9.03. The van der Waals surface area contributed by atoms with Crippen LogP contribution < -0.4 is 5.73 Å². The van der Waals surface area contributed by atoms with Gasteiger partial charge in [-0.1, -0.05) is 29.4 Å². The Morgan fingerprint density at radius 1 is 1.41 bits per heavy atom. The minimum Gasteiger partial charge on any atom is -0.409 e. The third-order valence-corrected chi connectivity index (χ3v) is 2.81. The number of oxime groups is 1. The second kappa shape index (κ2) is 6.22. The van der Waals surface area contributed by atoms with Crippen molar-refractivity contribution in [3.63, 3.8) is 0 Å². The van der Waals surface area contributed by atoms with E-state index in [0.717, 1.165) is 12.1 Å². The number of nitrogens with zero attached hydrogens (tertiary/aromatic N) is 2. The molecule has 0 aliphatic carbocycles. The molecule has 1 aromatic carbocycles. The van der Waals surface area contributed by atoms with E-state index in [1.165, 1.54) is 0 Å². The second-order valence-electron chi connectivity index (χ2n) is 4.13. The Kier molecular flexibility index (Phi) is 4.93. The first-order chi connectivity index (χ1) is 8.08. The predicted octanol–water partition coefficient (Wildman–Crippen LogP) is 0.594. The van der Waals surface area contributed by atoms with Gasteiger partial charge in [0, 0.05) is 18.2 Å². The highest BCUT2D eigenvalue weighted by Gasteiger charge is 2.08. The molecule has 0 radical (unpaired) electrons. The first kappa shape index (κ1) is 13.5. The Morgan fingerprint density at radius 2 is 2.00 bits per heavy atom. The van der Waals surface area contributed by atoms with E-state index in [9.17, 15) is 0 Å². The van der Waals surface area contributed by atoms with Gasteiger partial charge < -0.3 is 16.0 Å². The van der Waals surface area contributed by atoms with Crippen LogP contribution in [0.3, 0.4) is 0 Å². The lowest BCUT2D eigenvalue weighted by molar-refractivity contribution is 0.154. The van der Waals surface area contributed by atoms with Gasteiger partial charge in [0.1, 0.15) is 0 Å². The van der Waals surface area contributed by atoms with E-state index in [1.54, 1.807) is 0 Å². The molecule has 0 bridgehead atoms. The predicted molar refractivity (Wildman–Crippen MR) is 67.0 cm³/mol. The quantitative estimate of drug-likeness (QED) is 0.303. The summed E-state index contributed by atoms with van der Waals surface area (Å²) in [5, 5.41) is 20.5. The molecule has 0 saturated heterocycles. The molecule has 0 spiro atoms. The van der Waals surface area contributed by atoms with Crippen molar-refractivity contribution in [3.05, 3.63) is 35.4 Å². The second-order valence-corrected chi connectivity index (χ2v) is 4.13. The van der Waals surface area contributed by atoms with E-state index in [4.69, 9.17) is 16.0 Å². The van der Waals surface area contributed by atoms with Gasteiger partial charge in [-0.3, -0.25) is 4.90 Å². The number of aliphatic hydroxyl groups excluding tert-OH is 1. The summed E-state index contributed by atoms with van der Waals surface area (Å²) in [6, 6.07) is 7.59. The fourth-order valence-corrected chi connectivity index (χ4v) is 1.42. The number of hydrogen-bond acceptors (Lipinski definition) is 4. The van der Waals surface area contributed by atoms with Crippen LogP contribution in [-0.2, 0) is 6.54 Å². The van der Waals surface area contributed by atoms with Gasteiger partial charge in [0.15, 0.2) is 5.84 Å². The van der Waals surface area contributed by atoms with Gasteiger partial charge in [0.05, 0.1) is 6.61 Å². The molecule has 1 atom stereocenters. The van der Waals surface area contributed by atoms with Gasteiger partial charge >= 0.3 is 0 Å². The summed E-state index contributed by atoms with van der Waals surface area (Å²) in [6.07, 6.45) is 0. The molecule has 0 aromatic heterocycles. The standard InChI is InChI=1S/C12H19N3O2/c1-9(8-16)15(2)7-10-3-5-11(6-4-10)12(13)14-17/h3-6,9,16-17H,7-8H2,1-2H3,(H2,13,14). The molecule has 17 heavy (non-hydrogen) atoms. The van der Waals surface area contributed by atoms with Crippen LogP contribution in [0.2, 0.25) is 0 Å². The van der Waals surface area contributed by atoms with Crippen molar-refractivity contribution in [2.24, 2.45) is 10.9 Å². The molecule has 0 aliphatic heterocycles.